The Labute approximate surface area is 267 Å². The molecule has 0 radical (unpaired) electrons. The standard InChI is InChI=1S/C38H38F4N2O2/c1-26-21-31(25-44-19-2-3-27(17-20-44)4-5-28-8-12-33(13-9-28)38(40,41)42)22-30(7-6-29-10-14-34(39)15-11-29)23-35(26)36-24-32(37(45)46)16-18-43-36/h3,8-16,18,22-24,35H,1-2,4-7,17,19-21,25H2,(H,45,46). The highest BCUT2D eigenvalue weighted by atomic mass is 19.4. The molecule has 1 aromatic heterocycles. The van der Waals surface area contributed by atoms with Crippen molar-refractivity contribution in [1.29, 1.82) is 0 Å². The Bertz CT molecular complexity index is 1640. The minimum atomic E-state index is -4.33. The Balaban J connectivity index is 1.25. The molecule has 0 saturated carbocycles. The van der Waals surface area contributed by atoms with Gasteiger partial charge in [0.05, 0.1) is 16.8 Å². The summed E-state index contributed by atoms with van der Waals surface area (Å²) in [5, 5.41) is 9.56. The van der Waals surface area contributed by atoms with Crippen LogP contribution in [-0.4, -0.2) is 40.6 Å². The Morgan fingerprint density at radius 3 is 2.33 bits per heavy atom. The average Bonchev–Trinajstić information content (AvgIpc) is 3.35. The van der Waals surface area contributed by atoms with Crippen molar-refractivity contribution in [2.75, 3.05) is 19.6 Å². The van der Waals surface area contributed by atoms with Gasteiger partial charge in [0.2, 0.25) is 0 Å². The fourth-order valence-electron chi connectivity index (χ4n) is 6.14. The van der Waals surface area contributed by atoms with Gasteiger partial charge in [-0.2, -0.15) is 13.2 Å². The predicted molar refractivity (Wildman–Crippen MR) is 172 cm³/mol. The smallest absolute Gasteiger partial charge is 0.416 e. The lowest BCUT2D eigenvalue weighted by molar-refractivity contribution is -0.137. The van der Waals surface area contributed by atoms with Gasteiger partial charge in [0.15, 0.2) is 0 Å². The van der Waals surface area contributed by atoms with Crippen LogP contribution in [0.5, 0.6) is 0 Å². The molecule has 1 aliphatic carbocycles. The van der Waals surface area contributed by atoms with Crippen molar-refractivity contribution in [1.82, 2.24) is 9.88 Å². The number of nitrogens with zero attached hydrogens (tertiary/aromatic N) is 2. The van der Waals surface area contributed by atoms with E-state index in [-0.39, 0.29) is 17.3 Å². The maximum absolute atomic E-state index is 13.5. The molecule has 0 spiro atoms. The van der Waals surface area contributed by atoms with Gasteiger partial charge in [-0.05, 0) is 92.5 Å². The summed E-state index contributed by atoms with van der Waals surface area (Å²) in [7, 11) is 0. The number of rotatable bonds is 10. The Hall–Kier alpha value is -4.30. The molecular weight excluding hydrogens is 592 g/mol. The molecule has 0 bridgehead atoms. The number of pyridine rings is 1. The van der Waals surface area contributed by atoms with E-state index in [1.54, 1.807) is 30.3 Å². The van der Waals surface area contributed by atoms with Crippen LogP contribution in [0.3, 0.4) is 0 Å². The lowest BCUT2D eigenvalue weighted by Crippen LogP contribution is -2.27. The van der Waals surface area contributed by atoms with Crippen LogP contribution in [0.1, 0.15) is 70.8 Å². The molecule has 1 atom stereocenters. The van der Waals surface area contributed by atoms with Crippen LogP contribution in [0.2, 0.25) is 0 Å². The van der Waals surface area contributed by atoms with Gasteiger partial charge in [0.1, 0.15) is 5.82 Å². The molecule has 240 valence electrons. The van der Waals surface area contributed by atoms with Gasteiger partial charge >= 0.3 is 12.1 Å². The zero-order chi connectivity index (χ0) is 32.7. The van der Waals surface area contributed by atoms with Crippen molar-refractivity contribution < 1.29 is 27.5 Å². The molecule has 46 heavy (non-hydrogen) atoms. The quantitative estimate of drug-likeness (QED) is 0.179. The van der Waals surface area contributed by atoms with Gasteiger partial charge in [-0.1, -0.05) is 71.4 Å². The Morgan fingerprint density at radius 1 is 0.935 bits per heavy atom. The molecule has 3 aromatic rings. The highest BCUT2D eigenvalue weighted by Gasteiger charge is 2.30. The van der Waals surface area contributed by atoms with E-state index in [2.05, 4.69) is 34.7 Å². The molecular formula is C38H38F4N2O2. The molecule has 2 aliphatic rings. The zero-order valence-corrected chi connectivity index (χ0v) is 25.7. The molecule has 0 amide bonds. The summed E-state index contributed by atoms with van der Waals surface area (Å²) in [5.41, 5.74) is 6.74. The van der Waals surface area contributed by atoms with Crippen LogP contribution in [-0.2, 0) is 19.0 Å². The second-order valence-corrected chi connectivity index (χ2v) is 12.1. The van der Waals surface area contributed by atoms with Crippen molar-refractivity contribution in [3.63, 3.8) is 0 Å². The van der Waals surface area contributed by atoms with Gasteiger partial charge in [0.25, 0.3) is 0 Å². The van der Waals surface area contributed by atoms with Crippen LogP contribution in [0.15, 0.2) is 114 Å². The minimum Gasteiger partial charge on any atom is -0.478 e. The number of allylic oxidation sites excluding steroid dienone is 4. The lowest BCUT2D eigenvalue weighted by Gasteiger charge is -2.23. The zero-order valence-electron chi connectivity index (χ0n) is 25.7. The number of aromatic carboxylic acids is 1. The lowest BCUT2D eigenvalue weighted by atomic mass is 9.91. The SMILES string of the molecule is C=C1CC(CN2CCC=C(CCc3ccc(C(F)(F)F)cc3)CC2)=CC(CCc2ccc(F)cc2)=CC1c1cc(C(=O)O)ccn1. The molecule has 1 aliphatic heterocycles. The maximum Gasteiger partial charge on any atom is 0.416 e. The van der Waals surface area contributed by atoms with E-state index >= 15 is 0 Å². The topological polar surface area (TPSA) is 53.4 Å². The largest absolute Gasteiger partial charge is 0.478 e. The van der Waals surface area contributed by atoms with E-state index < -0.39 is 17.7 Å². The van der Waals surface area contributed by atoms with Crippen LogP contribution < -0.4 is 0 Å². The summed E-state index contributed by atoms with van der Waals surface area (Å²) in [6.45, 7) is 6.95. The van der Waals surface area contributed by atoms with Crippen molar-refractivity contribution in [3.8, 4) is 0 Å². The van der Waals surface area contributed by atoms with Crippen molar-refractivity contribution >= 4 is 5.97 Å². The predicted octanol–water partition coefficient (Wildman–Crippen LogP) is 9.12. The second kappa shape index (κ2) is 14.9. The molecule has 8 heteroatoms. The van der Waals surface area contributed by atoms with E-state index in [0.717, 1.165) is 86.1 Å². The number of hydrogen-bond donors (Lipinski definition) is 1. The first-order valence-corrected chi connectivity index (χ1v) is 15.6. The van der Waals surface area contributed by atoms with Crippen molar-refractivity contribution in [2.45, 2.75) is 57.0 Å². The number of aryl methyl sites for hydroxylation is 2. The highest BCUT2D eigenvalue weighted by molar-refractivity contribution is 5.87. The van der Waals surface area contributed by atoms with Crippen molar-refractivity contribution in [3.05, 3.63) is 148 Å². The first kappa shape index (κ1) is 33.1. The molecule has 2 aromatic carbocycles. The monoisotopic (exact) mass is 630 g/mol. The summed E-state index contributed by atoms with van der Waals surface area (Å²) in [6.07, 6.45) is 9.28. The average molecular weight is 631 g/mol. The van der Waals surface area contributed by atoms with E-state index in [0.29, 0.717) is 18.5 Å². The van der Waals surface area contributed by atoms with Gasteiger partial charge in [-0.25, -0.2) is 9.18 Å². The molecule has 5 rings (SSSR count). The van der Waals surface area contributed by atoms with E-state index in [1.807, 2.05) is 0 Å². The van der Waals surface area contributed by atoms with Crippen LogP contribution >= 0.6 is 0 Å². The number of aromatic nitrogens is 1. The molecule has 2 heterocycles. The Morgan fingerprint density at radius 2 is 1.63 bits per heavy atom. The second-order valence-electron chi connectivity index (χ2n) is 12.1. The number of halogens is 4. The van der Waals surface area contributed by atoms with E-state index in [4.69, 9.17) is 0 Å². The third-order valence-electron chi connectivity index (χ3n) is 8.70. The van der Waals surface area contributed by atoms with E-state index in [1.165, 1.54) is 35.5 Å². The number of carboxylic acids is 1. The molecule has 0 saturated heterocycles. The van der Waals surface area contributed by atoms with Crippen LogP contribution in [0.4, 0.5) is 17.6 Å². The third kappa shape index (κ3) is 9.13. The number of alkyl halides is 3. The summed E-state index contributed by atoms with van der Waals surface area (Å²) in [4.78, 5) is 18.6. The summed E-state index contributed by atoms with van der Waals surface area (Å²) >= 11 is 0. The first-order valence-electron chi connectivity index (χ1n) is 15.6. The molecule has 1 unspecified atom stereocenters. The number of benzene rings is 2. The maximum atomic E-state index is 13.5. The number of hydrogen-bond acceptors (Lipinski definition) is 3. The first-order chi connectivity index (χ1) is 22.0. The molecule has 4 nitrogen and oxygen atoms in total. The van der Waals surface area contributed by atoms with Crippen LogP contribution in [0.25, 0.3) is 0 Å². The highest BCUT2D eigenvalue weighted by Crippen LogP contribution is 2.35. The fourth-order valence-corrected chi connectivity index (χ4v) is 6.14. The molecule has 1 N–H and O–H groups in total. The van der Waals surface area contributed by atoms with Gasteiger partial charge in [-0.3, -0.25) is 9.88 Å². The summed E-state index contributed by atoms with van der Waals surface area (Å²) in [5.74, 6) is -1.51. The third-order valence-corrected chi connectivity index (χ3v) is 8.70. The van der Waals surface area contributed by atoms with E-state index in [9.17, 15) is 27.5 Å². The Kier molecular flexibility index (Phi) is 10.7. The van der Waals surface area contributed by atoms with Crippen molar-refractivity contribution in [2.24, 2.45) is 0 Å². The minimum absolute atomic E-state index is 0.183. The van der Waals surface area contributed by atoms with Gasteiger partial charge in [-0.15, -0.1) is 0 Å². The van der Waals surface area contributed by atoms with Crippen LogP contribution in [0, 0.1) is 5.82 Å². The molecule has 0 fully saturated rings. The number of carbonyl (C=O) groups is 1. The van der Waals surface area contributed by atoms with Gasteiger partial charge < -0.3 is 5.11 Å². The summed E-state index contributed by atoms with van der Waals surface area (Å²) in [6, 6.07) is 15.1. The summed E-state index contributed by atoms with van der Waals surface area (Å²) < 4.78 is 52.2. The number of carboxylic acid groups (broad SMARTS) is 1. The normalized spacial score (nSPS) is 17.9. The van der Waals surface area contributed by atoms with Gasteiger partial charge in [0, 0.05) is 31.7 Å². The fraction of sp³-hybridized carbons (Fsp3) is 0.316.